The maximum Gasteiger partial charge on any atom is 0.243 e. The summed E-state index contributed by atoms with van der Waals surface area (Å²) in [4.78, 5) is 14.1. The van der Waals surface area contributed by atoms with Crippen molar-refractivity contribution in [2.75, 3.05) is 18.1 Å². The van der Waals surface area contributed by atoms with Gasteiger partial charge in [0.1, 0.15) is 5.41 Å². The highest BCUT2D eigenvalue weighted by Crippen LogP contribution is 2.27. The van der Waals surface area contributed by atoms with Crippen molar-refractivity contribution >= 4 is 17.7 Å². The van der Waals surface area contributed by atoms with Crippen molar-refractivity contribution < 1.29 is 4.79 Å². The third-order valence-electron chi connectivity index (χ3n) is 3.05. The van der Waals surface area contributed by atoms with E-state index < -0.39 is 5.41 Å². The van der Waals surface area contributed by atoms with Crippen LogP contribution >= 0.6 is 11.8 Å². The number of carbonyl (C=O) groups is 1. The number of hydrogen-bond acceptors (Lipinski definition) is 3. The average molecular weight is 226 g/mol. The van der Waals surface area contributed by atoms with E-state index >= 15 is 0 Å². The zero-order chi connectivity index (χ0) is 11.5. The molecule has 1 fully saturated rings. The predicted molar refractivity (Wildman–Crippen MR) is 62.5 cm³/mol. The highest BCUT2D eigenvalue weighted by Gasteiger charge is 2.37. The smallest absolute Gasteiger partial charge is 0.243 e. The van der Waals surface area contributed by atoms with Crippen LogP contribution in [0.1, 0.15) is 27.2 Å². The normalized spacial score (nSPS) is 25.5. The number of carbonyl (C=O) groups excluding carboxylic acids is 1. The summed E-state index contributed by atoms with van der Waals surface area (Å²) in [6.45, 7) is 6.47. The van der Waals surface area contributed by atoms with Crippen LogP contribution in [-0.2, 0) is 4.79 Å². The fraction of sp³-hybridized carbons (Fsp3) is 0.818. The average Bonchev–Trinajstić information content (AvgIpc) is 2.28. The molecule has 2 atom stereocenters. The van der Waals surface area contributed by atoms with E-state index in [0.29, 0.717) is 6.42 Å². The summed E-state index contributed by atoms with van der Waals surface area (Å²) in [5, 5.41) is 9.07. The third kappa shape index (κ3) is 2.46. The second-order valence-electron chi connectivity index (χ2n) is 4.22. The molecule has 15 heavy (non-hydrogen) atoms. The topological polar surface area (TPSA) is 44.1 Å². The van der Waals surface area contributed by atoms with E-state index in [0.717, 1.165) is 18.1 Å². The molecule has 0 aromatic heterocycles. The highest BCUT2D eigenvalue weighted by molar-refractivity contribution is 7.99. The van der Waals surface area contributed by atoms with Gasteiger partial charge in [-0.3, -0.25) is 4.79 Å². The summed E-state index contributed by atoms with van der Waals surface area (Å²) in [5.41, 5.74) is -0.837. The molecular weight excluding hydrogens is 208 g/mol. The molecule has 3 nitrogen and oxygen atoms in total. The van der Waals surface area contributed by atoms with Crippen LogP contribution in [0.5, 0.6) is 0 Å². The summed E-state index contributed by atoms with van der Waals surface area (Å²) >= 11 is 1.87. The minimum absolute atomic E-state index is 0.000278. The molecule has 1 amide bonds. The molecule has 1 aliphatic rings. The van der Waals surface area contributed by atoms with E-state index in [2.05, 4.69) is 13.0 Å². The summed E-state index contributed by atoms with van der Waals surface area (Å²) in [6.07, 6.45) is 0.582. The molecule has 0 aromatic carbocycles. The Kier molecular flexibility index (Phi) is 4.04. The Balaban J connectivity index is 2.79. The molecule has 0 N–H and O–H groups in total. The van der Waals surface area contributed by atoms with E-state index in [1.165, 1.54) is 0 Å². The minimum Gasteiger partial charge on any atom is -0.337 e. The molecule has 0 aliphatic carbocycles. The standard InChI is InChI=1S/C11H18N2OS/c1-4-11(3,8-12)10(14)13-5-6-15-7-9(13)2/h9H,4-7H2,1-3H3. The van der Waals surface area contributed by atoms with Gasteiger partial charge in [0.25, 0.3) is 0 Å². The Labute approximate surface area is 95.8 Å². The Morgan fingerprint density at radius 3 is 2.87 bits per heavy atom. The van der Waals surface area contributed by atoms with Crippen molar-refractivity contribution in [3.8, 4) is 6.07 Å². The van der Waals surface area contributed by atoms with Crippen molar-refractivity contribution in [1.29, 1.82) is 5.26 Å². The van der Waals surface area contributed by atoms with Gasteiger partial charge in [-0.25, -0.2) is 0 Å². The van der Waals surface area contributed by atoms with Crippen molar-refractivity contribution in [3.63, 3.8) is 0 Å². The number of nitrogens with zero attached hydrogens (tertiary/aromatic N) is 2. The van der Waals surface area contributed by atoms with E-state index in [4.69, 9.17) is 5.26 Å². The monoisotopic (exact) mass is 226 g/mol. The number of amides is 1. The van der Waals surface area contributed by atoms with E-state index in [1.807, 2.05) is 23.6 Å². The largest absolute Gasteiger partial charge is 0.337 e. The van der Waals surface area contributed by atoms with Gasteiger partial charge >= 0.3 is 0 Å². The van der Waals surface area contributed by atoms with E-state index in [1.54, 1.807) is 6.92 Å². The first kappa shape index (κ1) is 12.4. The Morgan fingerprint density at radius 1 is 1.73 bits per heavy atom. The third-order valence-corrected chi connectivity index (χ3v) is 4.24. The van der Waals surface area contributed by atoms with Crippen LogP contribution in [0.15, 0.2) is 0 Å². The van der Waals surface area contributed by atoms with Crippen LogP contribution in [-0.4, -0.2) is 34.9 Å². The molecule has 84 valence electrons. The molecule has 1 saturated heterocycles. The molecule has 0 spiro atoms. The lowest BCUT2D eigenvalue weighted by atomic mass is 9.87. The first-order valence-corrected chi connectivity index (χ1v) is 6.50. The SMILES string of the molecule is CCC(C)(C#N)C(=O)N1CCSCC1C. The molecular formula is C11H18N2OS. The van der Waals surface area contributed by atoms with Gasteiger partial charge in [0.2, 0.25) is 5.91 Å². The summed E-state index contributed by atoms with van der Waals surface area (Å²) in [6, 6.07) is 2.41. The zero-order valence-electron chi connectivity index (χ0n) is 9.62. The molecule has 0 saturated carbocycles. The van der Waals surface area contributed by atoms with Gasteiger partial charge in [-0.1, -0.05) is 6.92 Å². The second kappa shape index (κ2) is 4.89. The van der Waals surface area contributed by atoms with Gasteiger partial charge in [-0.05, 0) is 20.3 Å². The highest BCUT2D eigenvalue weighted by atomic mass is 32.2. The molecule has 1 aliphatic heterocycles. The molecule has 1 heterocycles. The molecule has 0 aromatic rings. The first-order valence-electron chi connectivity index (χ1n) is 5.35. The van der Waals surface area contributed by atoms with Gasteiger partial charge in [0.15, 0.2) is 0 Å². The zero-order valence-corrected chi connectivity index (χ0v) is 10.4. The van der Waals surface area contributed by atoms with Gasteiger partial charge < -0.3 is 4.90 Å². The van der Waals surface area contributed by atoms with Crippen LogP contribution in [0.4, 0.5) is 0 Å². The minimum atomic E-state index is -0.837. The van der Waals surface area contributed by atoms with E-state index in [-0.39, 0.29) is 11.9 Å². The van der Waals surface area contributed by atoms with Crippen LogP contribution in [0.25, 0.3) is 0 Å². The fourth-order valence-corrected chi connectivity index (χ4v) is 2.64. The maximum atomic E-state index is 12.2. The van der Waals surface area contributed by atoms with E-state index in [9.17, 15) is 4.79 Å². The van der Waals surface area contributed by atoms with Gasteiger partial charge in [0.05, 0.1) is 6.07 Å². The van der Waals surface area contributed by atoms with Gasteiger partial charge in [-0.2, -0.15) is 17.0 Å². The van der Waals surface area contributed by atoms with Crippen molar-refractivity contribution in [1.82, 2.24) is 4.90 Å². The van der Waals surface area contributed by atoms with Crippen LogP contribution in [0.3, 0.4) is 0 Å². The molecule has 2 unspecified atom stereocenters. The molecule has 4 heteroatoms. The van der Waals surface area contributed by atoms with Crippen LogP contribution in [0, 0.1) is 16.7 Å². The molecule has 0 radical (unpaired) electrons. The van der Waals surface area contributed by atoms with Gasteiger partial charge in [0, 0.05) is 24.1 Å². The number of hydrogen-bond donors (Lipinski definition) is 0. The summed E-state index contributed by atoms with van der Waals surface area (Å²) < 4.78 is 0. The summed E-state index contributed by atoms with van der Waals surface area (Å²) in [7, 11) is 0. The van der Waals surface area contributed by atoms with Crippen LogP contribution in [0.2, 0.25) is 0 Å². The van der Waals surface area contributed by atoms with Gasteiger partial charge in [-0.15, -0.1) is 0 Å². The summed E-state index contributed by atoms with van der Waals surface area (Å²) in [5.74, 6) is 1.97. The number of thioether (sulfide) groups is 1. The lowest BCUT2D eigenvalue weighted by Crippen LogP contribution is -2.50. The Hall–Kier alpha value is -0.690. The Bertz CT molecular complexity index is 287. The van der Waals surface area contributed by atoms with Crippen molar-refractivity contribution in [2.24, 2.45) is 5.41 Å². The predicted octanol–water partition coefficient (Wildman–Crippen LogP) is 1.89. The van der Waals surface area contributed by atoms with Crippen molar-refractivity contribution in [3.05, 3.63) is 0 Å². The lowest BCUT2D eigenvalue weighted by Gasteiger charge is -2.37. The number of rotatable bonds is 2. The quantitative estimate of drug-likeness (QED) is 0.722. The molecule has 1 rings (SSSR count). The van der Waals surface area contributed by atoms with Crippen molar-refractivity contribution in [2.45, 2.75) is 33.2 Å². The fourth-order valence-electron chi connectivity index (χ4n) is 1.62. The first-order chi connectivity index (χ1) is 7.05. The number of nitriles is 1. The Morgan fingerprint density at radius 2 is 2.40 bits per heavy atom. The van der Waals surface area contributed by atoms with Crippen LogP contribution < -0.4 is 0 Å². The second-order valence-corrected chi connectivity index (χ2v) is 5.37. The molecule has 0 bridgehead atoms. The maximum absolute atomic E-state index is 12.2. The lowest BCUT2D eigenvalue weighted by molar-refractivity contribution is -0.140.